The van der Waals surface area contributed by atoms with Crippen molar-refractivity contribution in [1.82, 2.24) is 0 Å². The van der Waals surface area contributed by atoms with Crippen LogP contribution in [0.1, 0.15) is 90.9 Å². The number of ether oxygens (including phenoxy) is 4. The highest BCUT2D eigenvalue weighted by Crippen LogP contribution is 2.13. The Hall–Kier alpha value is -1.30. The van der Waals surface area contributed by atoms with E-state index in [9.17, 15) is 9.59 Å². The summed E-state index contributed by atoms with van der Waals surface area (Å²) in [6.07, 6.45) is 12.3. The molecule has 0 aromatic carbocycles. The van der Waals surface area contributed by atoms with Gasteiger partial charge in [0.05, 0.1) is 12.7 Å². The van der Waals surface area contributed by atoms with Gasteiger partial charge in [-0.1, -0.05) is 64.7 Å². The van der Waals surface area contributed by atoms with E-state index in [0.717, 1.165) is 32.1 Å². The Labute approximate surface area is 164 Å². The van der Waals surface area contributed by atoms with Gasteiger partial charge in [-0.2, -0.15) is 0 Å². The lowest BCUT2D eigenvalue weighted by Crippen LogP contribution is -2.29. The minimum absolute atomic E-state index is 0.0376. The summed E-state index contributed by atoms with van der Waals surface area (Å²) in [5, 5.41) is 0. The van der Waals surface area contributed by atoms with Gasteiger partial charge in [-0.15, -0.1) is 0 Å². The highest BCUT2D eigenvalue weighted by atomic mass is 16.7. The fourth-order valence-electron chi connectivity index (χ4n) is 3.04. The second kappa shape index (κ2) is 15.7. The Morgan fingerprint density at radius 1 is 0.963 bits per heavy atom. The van der Waals surface area contributed by atoms with Crippen molar-refractivity contribution in [3.8, 4) is 0 Å². The van der Waals surface area contributed by atoms with Gasteiger partial charge in [-0.3, -0.25) is 0 Å². The molecule has 0 aromatic rings. The van der Waals surface area contributed by atoms with E-state index in [0.29, 0.717) is 13.2 Å². The molecule has 1 heterocycles. The molecule has 6 nitrogen and oxygen atoms in total. The van der Waals surface area contributed by atoms with Crippen LogP contribution in [0.4, 0.5) is 4.79 Å². The third-order valence-corrected chi connectivity index (χ3v) is 4.76. The van der Waals surface area contributed by atoms with Crippen molar-refractivity contribution in [3.63, 3.8) is 0 Å². The Bertz CT molecular complexity index is 392. The number of hydrogen-bond acceptors (Lipinski definition) is 6. The van der Waals surface area contributed by atoms with Crippen LogP contribution in [0.25, 0.3) is 0 Å². The first-order valence-corrected chi connectivity index (χ1v) is 10.7. The molecule has 1 saturated heterocycles. The zero-order valence-electron chi connectivity index (χ0n) is 17.2. The van der Waals surface area contributed by atoms with Gasteiger partial charge in [-0.25, -0.2) is 9.59 Å². The molecular weight excluding hydrogens is 348 g/mol. The molecule has 0 bridgehead atoms. The van der Waals surface area contributed by atoms with E-state index in [-0.39, 0.29) is 12.7 Å². The summed E-state index contributed by atoms with van der Waals surface area (Å²) in [4.78, 5) is 23.4. The van der Waals surface area contributed by atoms with Gasteiger partial charge >= 0.3 is 12.1 Å². The fourth-order valence-corrected chi connectivity index (χ4v) is 3.04. The summed E-state index contributed by atoms with van der Waals surface area (Å²) in [7, 11) is 0. The fraction of sp³-hybridized carbons (Fsp3) is 0.905. The minimum Gasteiger partial charge on any atom is -0.460 e. The zero-order valence-corrected chi connectivity index (χ0v) is 17.2. The summed E-state index contributed by atoms with van der Waals surface area (Å²) in [5.74, 6) is -0.568. The first-order valence-electron chi connectivity index (χ1n) is 10.7. The molecule has 0 N–H and O–H groups in total. The highest BCUT2D eigenvalue weighted by molar-refractivity contribution is 5.77. The van der Waals surface area contributed by atoms with Gasteiger partial charge in [0.2, 0.25) is 0 Å². The zero-order chi connectivity index (χ0) is 19.7. The summed E-state index contributed by atoms with van der Waals surface area (Å²) in [6.45, 7) is 4.96. The van der Waals surface area contributed by atoms with Crippen molar-refractivity contribution in [2.45, 2.75) is 103 Å². The topological polar surface area (TPSA) is 71.1 Å². The van der Waals surface area contributed by atoms with Crippen molar-refractivity contribution in [1.29, 1.82) is 0 Å². The third-order valence-electron chi connectivity index (χ3n) is 4.76. The Morgan fingerprint density at radius 2 is 1.59 bits per heavy atom. The maximum atomic E-state index is 11.8. The molecule has 1 rings (SSSR count). The van der Waals surface area contributed by atoms with Crippen LogP contribution >= 0.6 is 0 Å². The van der Waals surface area contributed by atoms with Crippen LogP contribution in [0, 0.1) is 0 Å². The number of rotatable bonds is 15. The summed E-state index contributed by atoms with van der Waals surface area (Å²) in [6, 6.07) is 0. The van der Waals surface area contributed by atoms with Gasteiger partial charge < -0.3 is 18.9 Å². The molecule has 0 saturated carbocycles. The standard InChI is InChI=1S/C21H38O6/c1-3-4-5-6-7-8-9-10-11-12-15-25-21(23)27-18(2)20(22)26-17-19-14-13-16-24-19/h18-19H,3-17H2,1-2H3. The van der Waals surface area contributed by atoms with Crippen LogP contribution in [-0.4, -0.2) is 44.2 Å². The number of esters is 1. The van der Waals surface area contributed by atoms with E-state index in [1.807, 2.05) is 0 Å². The van der Waals surface area contributed by atoms with E-state index in [4.69, 9.17) is 18.9 Å². The average molecular weight is 387 g/mol. The molecule has 6 heteroatoms. The Kier molecular flexibility index (Phi) is 13.8. The van der Waals surface area contributed by atoms with Gasteiger partial charge in [0.15, 0.2) is 6.10 Å². The number of unbranched alkanes of at least 4 members (excludes halogenated alkanes) is 9. The maximum absolute atomic E-state index is 11.8. The molecule has 0 radical (unpaired) electrons. The van der Waals surface area contributed by atoms with Crippen LogP contribution in [0.2, 0.25) is 0 Å². The van der Waals surface area contributed by atoms with Gasteiger partial charge in [0.1, 0.15) is 6.61 Å². The average Bonchev–Trinajstić information content (AvgIpc) is 3.17. The lowest BCUT2D eigenvalue weighted by atomic mass is 10.1. The molecule has 27 heavy (non-hydrogen) atoms. The molecule has 0 spiro atoms. The van der Waals surface area contributed by atoms with Crippen molar-refractivity contribution in [2.75, 3.05) is 19.8 Å². The number of carbonyl (C=O) groups excluding carboxylic acids is 2. The monoisotopic (exact) mass is 386 g/mol. The predicted molar refractivity (Wildman–Crippen MR) is 104 cm³/mol. The normalized spacial score (nSPS) is 17.5. The molecule has 1 fully saturated rings. The van der Waals surface area contributed by atoms with Crippen molar-refractivity contribution in [3.05, 3.63) is 0 Å². The minimum atomic E-state index is -0.966. The number of hydrogen-bond donors (Lipinski definition) is 0. The van der Waals surface area contributed by atoms with E-state index >= 15 is 0 Å². The van der Waals surface area contributed by atoms with Crippen molar-refractivity contribution < 1.29 is 28.5 Å². The molecule has 0 aliphatic carbocycles. The quantitative estimate of drug-likeness (QED) is 0.285. The molecule has 1 aliphatic rings. The highest BCUT2D eigenvalue weighted by Gasteiger charge is 2.23. The van der Waals surface area contributed by atoms with Gasteiger partial charge in [0.25, 0.3) is 0 Å². The predicted octanol–water partition coefficient (Wildman–Crippen LogP) is 5.17. The summed E-state index contributed by atoms with van der Waals surface area (Å²) in [5.41, 5.74) is 0. The lowest BCUT2D eigenvalue weighted by Gasteiger charge is -2.14. The van der Waals surface area contributed by atoms with E-state index in [2.05, 4.69) is 6.92 Å². The summed E-state index contributed by atoms with van der Waals surface area (Å²) >= 11 is 0. The Morgan fingerprint density at radius 3 is 2.19 bits per heavy atom. The van der Waals surface area contributed by atoms with Crippen LogP contribution < -0.4 is 0 Å². The second-order valence-corrected chi connectivity index (χ2v) is 7.31. The molecule has 2 atom stereocenters. The van der Waals surface area contributed by atoms with Crippen molar-refractivity contribution in [2.24, 2.45) is 0 Å². The van der Waals surface area contributed by atoms with Crippen LogP contribution in [0.5, 0.6) is 0 Å². The van der Waals surface area contributed by atoms with Gasteiger partial charge in [0, 0.05) is 6.61 Å². The van der Waals surface area contributed by atoms with E-state index < -0.39 is 18.2 Å². The first kappa shape index (κ1) is 23.7. The lowest BCUT2D eigenvalue weighted by molar-refractivity contribution is -0.157. The number of carbonyl (C=O) groups is 2. The molecule has 0 amide bonds. The second-order valence-electron chi connectivity index (χ2n) is 7.31. The smallest absolute Gasteiger partial charge is 0.460 e. The SMILES string of the molecule is CCCCCCCCCCCCOC(=O)OC(C)C(=O)OCC1CCCO1. The molecular formula is C21H38O6. The molecule has 2 unspecified atom stereocenters. The van der Waals surface area contributed by atoms with E-state index in [1.165, 1.54) is 51.9 Å². The van der Waals surface area contributed by atoms with Crippen molar-refractivity contribution >= 4 is 12.1 Å². The maximum Gasteiger partial charge on any atom is 0.509 e. The molecule has 1 aliphatic heterocycles. The van der Waals surface area contributed by atoms with E-state index in [1.54, 1.807) is 0 Å². The Balaban J connectivity index is 1.91. The van der Waals surface area contributed by atoms with Crippen LogP contribution in [0.3, 0.4) is 0 Å². The first-order chi connectivity index (χ1) is 13.1. The van der Waals surface area contributed by atoms with Crippen LogP contribution in [-0.2, 0) is 23.7 Å². The summed E-state index contributed by atoms with van der Waals surface area (Å²) < 4.78 is 20.4. The van der Waals surface area contributed by atoms with Gasteiger partial charge in [-0.05, 0) is 26.2 Å². The molecule has 158 valence electrons. The van der Waals surface area contributed by atoms with Crippen LogP contribution in [0.15, 0.2) is 0 Å². The third kappa shape index (κ3) is 12.7. The molecule has 0 aromatic heterocycles. The largest absolute Gasteiger partial charge is 0.509 e.